The summed E-state index contributed by atoms with van der Waals surface area (Å²) in [7, 11) is 1.72. The van der Waals surface area contributed by atoms with E-state index in [4.69, 9.17) is 4.99 Å². The van der Waals surface area contributed by atoms with E-state index in [0.717, 1.165) is 55.2 Å². The quantitative estimate of drug-likeness (QED) is 0.695. The van der Waals surface area contributed by atoms with E-state index in [1.807, 2.05) is 55.5 Å². The Morgan fingerprint density at radius 3 is 2.81 bits per heavy atom. The number of fused-ring (bicyclic) bond motifs is 1. The van der Waals surface area contributed by atoms with Gasteiger partial charge in [0.1, 0.15) is 5.84 Å². The molecular formula is C23H28N6O2. The van der Waals surface area contributed by atoms with Crippen molar-refractivity contribution >= 4 is 29.1 Å². The van der Waals surface area contributed by atoms with Gasteiger partial charge in [-0.25, -0.2) is 9.79 Å². The number of urea groups is 1. The van der Waals surface area contributed by atoms with Crippen LogP contribution in [0.1, 0.15) is 17.5 Å². The zero-order valence-corrected chi connectivity index (χ0v) is 17.9. The number of para-hydroxylation sites is 1. The van der Waals surface area contributed by atoms with Gasteiger partial charge in [0.25, 0.3) is 5.91 Å². The van der Waals surface area contributed by atoms with E-state index in [0.29, 0.717) is 5.69 Å². The molecule has 3 amide bonds. The van der Waals surface area contributed by atoms with Crippen molar-refractivity contribution < 1.29 is 9.59 Å². The number of hydrogen-bond acceptors (Lipinski definition) is 5. The lowest BCUT2D eigenvalue weighted by Gasteiger charge is -2.25. The number of likely N-dealkylation sites (N-methyl/N-ethyl adjacent to an activating group) is 1. The average molecular weight is 421 g/mol. The minimum atomic E-state index is -1.02. The summed E-state index contributed by atoms with van der Waals surface area (Å²) in [6, 6.07) is 14.8. The lowest BCUT2D eigenvalue weighted by molar-refractivity contribution is -0.119. The third-order valence-electron chi connectivity index (χ3n) is 5.51. The van der Waals surface area contributed by atoms with Gasteiger partial charge in [0.05, 0.1) is 5.69 Å². The van der Waals surface area contributed by atoms with Gasteiger partial charge in [-0.3, -0.25) is 4.79 Å². The summed E-state index contributed by atoms with van der Waals surface area (Å²) in [5, 5.41) is 8.95. The topological polar surface area (TPSA) is 89.1 Å². The standard InChI is InChI=1S/C23H28N6O2/c1-16-7-5-8-17(15-16)25-23(31)27-20-22(30)28(2)19-10-4-3-9-18(19)21(26-20)29-13-6-11-24-12-14-29/h3-5,7-10,15,20,24H,6,11-14H2,1-2H3,(H2,25,27,31)/t20-/m1/s1. The summed E-state index contributed by atoms with van der Waals surface area (Å²) in [5.41, 5.74) is 3.38. The van der Waals surface area contributed by atoms with Crippen LogP contribution in [0.2, 0.25) is 0 Å². The highest BCUT2D eigenvalue weighted by Crippen LogP contribution is 2.26. The number of nitrogens with one attached hydrogen (secondary N) is 3. The van der Waals surface area contributed by atoms with Crippen LogP contribution in [0.4, 0.5) is 16.2 Å². The van der Waals surface area contributed by atoms with Gasteiger partial charge in [0, 0.05) is 37.9 Å². The summed E-state index contributed by atoms with van der Waals surface area (Å²) in [5.74, 6) is 0.452. The molecule has 4 rings (SSSR count). The molecule has 2 heterocycles. The smallest absolute Gasteiger partial charge is 0.321 e. The molecule has 0 radical (unpaired) electrons. The maximum Gasteiger partial charge on any atom is 0.321 e. The molecule has 2 aliphatic rings. The molecule has 0 aromatic heterocycles. The lowest BCUT2D eigenvalue weighted by Crippen LogP contribution is -2.47. The van der Waals surface area contributed by atoms with Crippen LogP contribution in [0.5, 0.6) is 0 Å². The van der Waals surface area contributed by atoms with Crippen LogP contribution < -0.4 is 20.9 Å². The molecule has 31 heavy (non-hydrogen) atoms. The molecule has 0 saturated carbocycles. The van der Waals surface area contributed by atoms with E-state index in [9.17, 15) is 9.59 Å². The molecule has 0 bridgehead atoms. The number of benzodiazepines with no additional fused rings is 1. The first-order valence-electron chi connectivity index (χ1n) is 10.6. The SMILES string of the molecule is Cc1cccc(NC(=O)N[C@H]2N=C(N3CCCNCC3)c3ccccc3N(C)C2=O)c1. The largest absolute Gasteiger partial charge is 0.355 e. The first-order chi connectivity index (χ1) is 15.0. The summed E-state index contributed by atoms with van der Waals surface area (Å²) >= 11 is 0. The molecule has 0 aliphatic carbocycles. The first-order valence-corrected chi connectivity index (χ1v) is 10.6. The third kappa shape index (κ3) is 4.69. The van der Waals surface area contributed by atoms with Crippen LogP contribution in [0.3, 0.4) is 0 Å². The van der Waals surface area contributed by atoms with E-state index in [-0.39, 0.29) is 5.91 Å². The molecule has 8 nitrogen and oxygen atoms in total. The lowest BCUT2D eigenvalue weighted by atomic mass is 10.1. The predicted molar refractivity (Wildman–Crippen MR) is 123 cm³/mol. The van der Waals surface area contributed by atoms with Crippen LogP contribution >= 0.6 is 0 Å². The van der Waals surface area contributed by atoms with Gasteiger partial charge in [-0.1, -0.05) is 24.3 Å². The molecular weight excluding hydrogens is 392 g/mol. The van der Waals surface area contributed by atoms with Crippen molar-refractivity contribution in [1.82, 2.24) is 15.5 Å². The van der Waals surface area contributed by atoms with Gasteiger partial charge in [0.15, 0.2) is 0 Å². The molecule has 2 aromatic rings. The van der Waals surface area contributed by atoms with E-state index in [1.54, 1.807) is 11.9 Å². The Bertz CT molecular complexity index is 997. The van der Waals surface area contributed by atoms with E-state index in [2.05, 4.69) is 20.9 Å². The Hall–Kier alpha value is -3.39. The van der Waals surface area contributed by atoms with E-state index in [1.165, 1.54) is 0 Å². The number of nitrogens with zero attached hydrogens (tertiary/aromatic N) is 3. The van der Waals surface area contributed by atoms with Gasteiger partial charge >= 0.3 is 6.03 Å². The minimum absolute atomic E-state index is 0.283. The minimum Gasteiger partial charge on any atom is -0.355 e. The number of carbonyl (C=O) groups excluding carboxylic acids is 2. The number of aliphatic imine (C=N–C) groups is 1. The average Bonchev–Trinajstić information content (AvgIpc) is 3.09. The van der Waals surface area contributed by atoms with Crippen LogP contribution in [0, 0.1) is 6.92 Å². The van der Waals surface area contributed by atoms with Crippen LogP contribution in [0.25, 0.3) is 0 Å². The maximum absolute atomic E-state index is 13.2. The zero-order valence-electron chi connectivity index (χ0n) is 17.9. The fraction of sp³-hybridized carbons (Fsp3) is 0.348. The second kappa shape index (κ2) is 9.18. The van der Waals surface area contributed by atoms with Crippen LogP contribution in [-0.4, -0.2) is 62.1 Å². The number of aryl methyl sites for hydroxylation is 1. The number of amides is 3. The van der Waals surface area contributed by atoms with Crippen molar-refractivity contribution in [3.63, 3.8) is 0 Å². The summed E-state index contributed by atoms with van der Waals surface area (Å²) in [6.07, 6.45) is -0.0369. The van der Waals surface area contributed by atoms with Crippen molar-refractivity contribution in [3.8, 4) is 0 Å². The second-order valence-corrected chi connectivity index (χ2v) is 7.83. The molecule has 2 aliphatic heterocycles. The zero-order chi connectivity index (χ0) is 21.8. The van der Waals surface area contributed by atoms with Crippen LogP contribution in [-0.2, 0) is 4.79 Å². The second-order valence-electron chi connectivity index (χ2n) is 7.83. The molecule has 1 atom stereocenters. The molecule has 1 saturated heterocycles. The number of amidine groups is 1. The fourth-order valence-electron chi connectivity index (χ4n) is 3.92. The van der Waals surface area contributed by atoms with Gasteiger partial charge in [-0.2, -0.15) is 0 Å². The Labute approximate surface area is 182 Å². The first kappa shape index (κ1) is 20.9. The van der Waals surface area contributed by atoms with Gasteiger partial charge in [0.2, 0.25) is 6.17 Å². The number of hydrogen-bond donors (Lipinski definition) is 3. The van der Waals surface area contributed by atoms with Gasteiger partial charge in [-0.05, 0) is 49.7 Å². The van der Waals surface area contributed by atoms with Crippen molar-refractivity contribution in [2.45, 2.75) is 19.5 Å². The van der Waals surface area contributed by atoms with E-state index >= 15 is 0 Å². The van der Waals surface area contributed by atoms with Crippen LogP contribution in [0.15, 0.2) is 53.5 Å². The van der Waals surface area contributed by atoms with Gasteiger partial charge in [-0.15, -0.1) is 0 Å². The number of benzene rings is 2. The monoisotopic (exact) mass is 420 g/mol. The molecule has 162 valence electrons. The number of anilines is 2. The molecule has 3 N–H and O–H groups in total. The predicted octanol–water partition coefficient (Wildman–Crippen LogP) is 2.16. The fourth-order valence-corrected chi connectivity index (χ4v) is 3.92. The highest BCUT2D eigenvalue weighted by molar-refractivity contribution is 6.12. The van der Waals surface area contributed by atoms with Crippen molar-refractivity contribution in [1.29, 1.82) is 0 Å². The van der Waals surface area contributed by atoms with Crippen molar-refractivity contribution in [2.75, 3.05) is 43.4 Å². The molecule has 0 unspecified atom stereocenters. The summed E-state index contributed by atoms with van der Waals surface area (Å²) < 4.78 is 0. The Morgan fingerprint density at radius 1 is 1.13 bits per heavy atom. The molecule has 1 fully saturated rings. The molecule has 2 aromatic carbocycles. The van der Waals surface area contributed by atoms with Crippen molar-refractivity contribution in [2.24, 2.45) is 4.99 Å². The Kier molecular flexibility index (Phi) is 6.18. The highest BCUT2D eigenvalue weighted by Gasteiger charge is 2.32. The summed E-state index contributed by atoms with van der Waals surface area (Å²) in [4.78, 5) is 34.4. The Morgan fingerprint density at radius 2 is 1.97 bits per heavy atom. The number of carbonyl (C=O) groups is 2. The maximum atomic E-state index is 13.2. The molecule has 0 spiro atoms. The number of rotatable bonds is 2. The van der Waals surface area contributed by atoms with Crippen molar-refractivity contribution in [3.05, 3.63) is 59.7 Å². The third-order valence-corrected chi connectivity index (χ3v) is 5.51. The highest BCUT2D eigenvalue weighted by atomic mass is 16.2. The summed E-state index contributed by atoms with van der Waals surface area (Å²) in [6.45, 7) is 5.37. The van der Waals surface area contributed by atoms with Gasteiger partial charge < -0.3 is 25.8 Å². The normalized spacial score (nSPS) is 19.1. The molecule has 8 heteroatoms. The Balaban J connectivity index is 1.64. The van der Waals surface area contributed by atoms with E-state index < -0.39 is 12.2 Å².